The number of aliphatic hydroxyl groups is 1. The van der Waals surface area contributed by atoms with Gasteiger partial charge >= 0.3 is 0 Å². The van der Waals surface area contributed by atoms with Crippen LogP contribution in [-0.4, -0.2) is 33.9 Å². The molecule has 3 rings (SSSR count). The van der Waals surface area contributed by atoms with E-state index in [2.05, 4.69) is 12.2 Å². The number of nitro benzene ring substituents is 1. The van der Waals surface area contributed by atoms with Crippen molar-refractivity contribution in [3.63, 3.8) is 0 Å². The number of hydrogen-bond acceptors (Lipinski definition) is 5. The van der Waals surface area contributed by atoms with Crippen molar-refractivity contribution < 1.29 is 14.8 Å². The van der Waals surface area contributed by atoms with Crippen LogP contribution in [0.3, 0.4) is 0 Å². The van der Waals surface area contributed by atoms with Gasteiger partial charge in [-0.25, -0.2) is 0 Å². The van der Waals surface area contributed by atoms with E-state index in [9.17, 15) is 20.0 Å². The van der Waals surface area contributed by atoms with Gasteiger partial charge in [-0.2, -0.15) is 0 Å². The van der Waals surface area contributed by atoms with Crippen molar-refractivity contribution >= 4 is 17.3 Å². The first kappa shape index (κ1) is 14.0. The monoisotopic (exact) mass is 291 g/mol. The van der Waals surface area contributed by atoms with Crippen LogP contribution in [0, 0.1) is 16.0 Å². The van der Waals surface area contributed by atoms with Gasteiger partial charge in [-0.1, -0.05) is 6.92 Å². The van der Waals surface area contributed by atoms with Gasteiger partial charge in [-0.05, 0) is 24.8 Å². The summed E-state index contributed by atoms with van der Waals surface area (Å²) in [6.45, 7) is 3.31. The van der Waals surface area contributed by atoms with Crippen molar-refractivity contribution in [3.8, 4) is 0 Å². The fourth-order valence-electron chi connectivity index (χ4n) is 3.02. The van der Waals surface area contributed by atoms with Crippen LogP contribution in [-0.2, 0) is 10.5 Å². The number of anilines is 1. The van der Waals surface area contributed by atoms with Crippen molar-refractivity contribution in [1.29, 1.82) is 0 Å². The smallest absolute Gasteiger partial charge is 0.276 e. The molecule has 0 aliphatic carbocycles. The van der Waals surface area contributed by atoms with Gasteiger partial charge < -0.3 is 10.4 Å². The molecule has 21 heavy (non-hydrogen) atoms. The second-order valence-electron chi connectivity index (χ2n) is 5.78. The molecular weight excluding hydrogens is 274 g/mol. The molecule has 1 aromatic rings. The molecule has 0 saturated carbocycles. The Kier molecular flexibility index (Phi) is 3.18. The molecule has 2 aliphatic rings. The second kappa shape index (κ2) is 4.78. The third kappa shape index (κ3) is 2.09. The molecule has 7 heteroatoms. The Balaban J connectivity index is 2.02. The van der Waals surface area contributed by atoms with Gasteiger partial charge in [0.2, 0.25) is 5.72 Å². The Labute approximate surface area is 121 Å². The van der Waals surface area contributed by atoms with Crippen LogP contribution in [0.2, 0.25) is 0 Å². The van der Waals surface area contributed by atoms with Crippen LogP contribution in [0.25, 0.3) is 0 Å². The average molecular weight is 291 g/mol. The molecule has 0 spiro atoms. The highest BCUT2D eigenvalue weighted by atomic mass is 16.6. The SMILES string of the molecule is CC1CCN([C@]2(O)C(=O)Nc3ccc([N+](=O)[O-])cc32)CC1. The summed E-state index contributed by atoms with van der Waals surface area (Å²) in [7, 11) is 0. The third-order valence-electron chi connectivity index (χ3n) is 4.40. The molecule has 0 aromatic heterocycles. The van der Waals surface area contributed by atoms with Crippen LogP contribution in [0.15, 0.2) is 18.2 Å². The molecule has 1 fully saturated rings. The van der Waals surface area contributed by atoms with Crippen LogP contribution < -0.4 is 5.32 Å². The summed E-state index contributed by atoms with van der Waals surface area (Å²) >= 11 is 0. The fourth-order valence-corrected chi connectivity index (χ4v) is 3.02. The molecule has 1 atom stereocenters. The van der Waals surface area contributed by atoms with Gasteiger partial charge in [0.15, 0.2) is 0 Å². The van der Waals surface area contributed by atoms with Gasteiger partial charge in [0.05, 0.1) is 4.92 Å². The number of nitrogens with zero attached hydrogens (tertiary/aromatic N) is 2. The maximum atomic E-state index is 12.2. The van der Waals surface area contributed by atoms with Crippen molar-refractivity contribution in [2.45, 2.75) is 25.5 Å². The van der Waals surface area contributed by atoms with Crippen LogP contribution in [0.5, 0.6) is 0 Å². The zero-order valence-corrected chi connectivity index (χ0v) is 11.7. The summed E-state index contributed by atoms with van der Waals surface area (Å²) in [5, 5.41) is 24.4. The topological polar surface area (TPSA) is 95.7 Å². The van der Waals surface area contributed by atoms with Gasteiger partial charge in [-0.15, -0.1) is 0 Å². The van der Waals surface area contributed by atoms with E-state index in [1.807, 2.05) is 0 Å². The van der Waals surface area contributed by atoms with Crippen molar-refractivity contribution in [1.82, 2.24) is 4.90 Å². The lowest BCUT2D eigenvalue weighted by atomic mass is 9.94. The highest BCUT2D eigenvalue weighted by Crippen LogP contribution is 2.41. The van der Waals surface area contributed by atoms with Gasteiger partial charge in [-0.3, -0.25) is 19.8 Å². The van der Waals surface area contributed by atoms with E-state index in [0.29, 0.717) is 24.7 Å². The van der Waals surface area contributed by atoms with E-state index in [1.165, 1.54) is 18.2 Å². The predicted octanol–water partition coefficient (Wildman–Crippen LogP) is 1.42. The first-order chi connectivity index (χ1) is 9.92. The molecule has 7 nitrogen and oxygen atoms in total. The summed E-state index contributed by atoms with van der Waals surface area (Å²) in [5.41, 5.74) is -1.22. The number of fused-ring (bicyclic) bond motifs is 1. The van der Waals surface area contributed by atoms with E-state index >= 15 is 0 Å². The van der Waals surface area contributed by atoms with Gasteiger partial charge in [0.25, 0.3) is 11.6 Å². The normalized spacial score (nSPS) is 26.5. The van der Waals surface area contributed by atoms with Crippen molar-refractivity contribution in [2.75, 3.05) is 18.4 Å². The number of nitro groups is 1. The second-order valence-corrected chi connectivity index (χ2v) is 5.78. The third-order valence-corrected chi connectivity index (χ3v) is 4.40. The van der Waals surface area contributed by atoms with Gasteiger partial charge in [0.1, 0.15) is 0 Å². The Morgan fingerprint density at radius 2 is 2.10 bits per heavy atom. The number of piperidine rings is 1. The first-order valence-electron chi connectivity index (χ1n) is 7.00. The molecule has 0 bridgehead atoms. The number of carbonyl (C=O) groups excluding carboxylic acids is 1. The molecule has 0 radical (unpaired) electrons. The highest BCUT2D eigenvalue weighted by Gasteiger charge is 2.51. The van der Waals surface area contributed by atoms with E-state index in [-0.39, 0.29) is 11.3 Å². The molecule has 2 aliphatic heterocycles. The number of amides is 1. The van der Waals surface area contributed by atoms with Gasteiger partial charge in [0, 0.05) is 36.5 Å². The Morgan fingerprint density at radius 3 is 2.71 bits per heavy atom. The lowest BCUT2D eigenvalue weighted by Gasteiger charge is -2.39. The number of rotatable bonds is 2. The van der Waals surface area contributed by atoms with E-state index in [1.54, 1.807) is 4.90 Å². The zero-order valence-electron chi connectivity index (χ0n) is 11.7. The molecule has 1 aromatic carbocycles. The number of non-ortho nitro benzene ring substituents is 1. The number of hydrogen-bond donors (Lipinski definition) is 2. The number of benzene rings is 1. The molecule has 0 unspecified atom stereocenters. The molecule has 2 N–H and O–H groups in total. The maximum absolute atomic E-state index is 12.2. The number of carbonyl (C=O) groups is 1. The molecule has 1 amide bonds. The fraction of sp³-hybridized carbons (Fsp3) is 0.500. The largest absolute Gasteiger partial charge is 0.364 e. The zero-order chi connectivity index (χ0) is 15.2. The van der Waals surface area contributed by atoms with E-state index in [4.69, 9.17) is 0 Å². The molecular formula is C14H17N3O4. The highest BCUT2D eigenvalue weighted by molar-refractivity contribution is 6.04. The maximum Gasteiger partial charge on any atom is 0.276 e. The number of nitrogens with one attached hydrogen (secondary N) is 1. The summed E-state index contributed by atoms with van der Waals surface area (Å²) in [5.74, 6) is 0.0199. The van der Waals surface area contributed by atoms with Crippen LogP contribution in [0.1, 0.15) is 25.3 Å². The summed E-state index contributed by atoms with van der Waals surface area (Å²) in [6, 6.07) is 4.07. The predicted molar refractivity (Wildman–Crippen MR) is 75.6 cm³/mol. The summed E-state index contributed by atoms with van der Waals surface area (Å²) < 4.78 is 0. The minimum Gasteiger partial charge on any atom is -0.364 e. The minimum absolute atomic E-state index is 0.131. The Morgan fingerprint density at radius 1 is 1.43 bits per heavy atom. The first-order valence-corrected chi connectivity index (χ1v) is 7.00. The lowest BCUT2D eigenvalue weighted by Crippen LogP contribution is -2.53. The molecule has 2 heterocycles. The van der Waals surface area contributed by atoms with E-state index < -0.39 is 16.6 Å². The quantitative estimate of drug-likeness (QED) is 0.634. The van der Waals surface area contributed by atoms with Crippen LogP contribution >= 0.6 is 0 Å². The average Bonchev–Trinajstić information content (AvgIpc) is 2.72. The Bertz CT molecular complexity index is 610. The van der Waals surface area contributed by atoms with Crippen LogP contribution in [0.4, 0.5) is 11.4 Å². The standard InChI is InChI=1S/C14H17N3O4/c1-9-4-6-16(7-5-9)14(19)11-8-10(17(20)21)2-3-12(11)15-13(14)18/h2-3,8-9,19H,4-7H2,1H3,(H,15,18)/t14-/m1/s1. The van der Waals surface area contributed by atoms with Crippen molar-refractivity contribution in [3.05, 3.63) is 33.9 Å². The Hall–Kier alpha value is -1.99. The van der Waals surface area contributed by atoms with Crippen molar-refractivity contribution in [2.24, 2.45) is 5.92 Å². The minimum atomic E-state index is -1.80. The van der Waals surface area contributed by atoms with E-state index in [0.717, 1.165) is 12.8 Å². The molecule has 112 valence electrons. The number of likely N-dealkylation sites (tertiary alicyclic amines) is 1. The summed E-state index contributed by atoms with van der Waals surface area (Å²) in [6.07, 6.45) is 1.78. The lowest BCUT2D eigenvalue weighted by molar-refractivity contribution is -0.385. The summed E-state index contributed by atoms with van der Waals surface area (Å²) in [4.78, 5) is 24.3. The molecule has 1 saturated heterocycles.